The minimum Gasteiger partial charge on any atom is -0.399 e. The van der Waals surface area contributed by atoms with Crippen LogP contribution in [-0.4, -0.2) is 17.4 Å². The summed E-state index contributed by atoms with van der Waals surface area (Å²) in [6, 6.07) is 13.3. The van der Waals surface area contributed by atoms with Gasteiger partial charge in [-0.05, 0) is 23.8 Å². The third-order valence-electron chi connectivity index (χ3n) is 3.14. The van der Waals surface area contributed by atoms with E-state index in [1.54, 1.807) is 36.4 Å². The van der Waals surface area contributed by atoms with E-state index in [2.05, 4.69) is 4.98 Å². The van der Waals surface area contributed by atoms with Gasteiger partial charge in [-0.25, -0.2) is 13.2 Å². The molecule has 0 aliphatic carbocycles. The summed E-state index contributed by atoms with van der Waals surface area (Å²) in [5.41, 5.74) is 6.72. The number of hydrogen-bond acceptors (Lipinski definition) is 4. The second-order valence-corrected chi connectivity index (χ2v) is 6.53. The Labute approximate surface area is 120 Å². The molecule has 1 aromatic heterocycles. The molecule has 0 atom stereocenters. The molecule has 21 heavy (non-hydrogen) atoms. The van der Waals surface area contributed by atoms with Crippen molar-refractivity contribution in [2.75, 3.05) is 5.73 Å². The third kappa shape index (κ3) is 2.43. The lowest BCUT2D eigenvalue weighted by atomic mass is 10.2. The first-order valence-corrected chi connectivity index (χ1v) is 7.86. The molecule has 0 fully saturated rings. The van der Waals surface area contributed by atoms with Crippen molar-refractivity contribution < 1.29 is 8.42 Å². The van der Waals surface area contributed by atoms with E-state index in [1.807, 2.05) is 0 Å². The fourth-order valence-electron chi connectivity index (χ4n) is 2.23. The first-order valence-electron chi connectivity index (χ1n) is 6.25. The van der Waals surface area contributed by atoms with Gasteiger partial charge in [0.1, 0.15) is 0 Å². The number of anilines is 1. The van der Waals surface area contributed by atoms with Gasteiger partial charge < -0.3 is 10.7 Å². The highest BCUT2D eigenvalue weighted by atomic mass is 32.2. The van der Waals surface area contributed by atoms with Crippen molar-refractivity contribution in [3.8, 4) is 0 Å². The molecular weight excluding hydrogens is 290 g/mol. The number of nitrogens with two attached hydrogens (primary N) is 1. The highest BCUT2D eigenvalue weighted by Gasteiger charge is 2.20. The van der Waals surface area contributed by atoms with Crippen LogP contribution in [0.25, 0.3) is 11.0 Å². The molecular formula is C14H13N3O3S. The predicted octanol–water partition coefficient (Wildman–Crippen LogP) is 1.29. The molecule has 108 valence electrons. The highest BCUT2D eigenvalue weighted by Crippen LogP contribution is 2.17. The van der Waals surface area contributed by atoms with Gasteiger partial charge in [0, 0.05) is 5.69 Å². The standard InChI is InChI=1S/C14H13N3O3S/c15-11-6-7-13-12(8-11)16-14(18)17(13)21(19,20)9-10-4-2-1-3-5-10/h1-8H,9,15H2,(H,16,18). The van der Waals surface area contributed by atoms with E-state index in [0.717, 1.165) is 3.97 Å². The van der Waals surface area contributed by atoms with E-state index >= 15 is 0 Å². The molecule has 0 radical (unpaired) electrons. The fraction of sp³-hybridized carbons (Fsp3) is 0.0714. The number of nitrogen functional groups attached to an aromatic ring is 1. The molecule has 7 heteroatoms. The SMILES string of the molecule is Nc1ccc2c(c1)[nH]c(=O)n2S(=O)(=O)Cc1ccccc1. The molecule has 1 heterocycles. The summed E-state index contributed by atoms with van der Waals surface area (Å²) < 4.78 is 25.8. The number of aromatic amines is 1. The lowest BCUT2D eigenvalue weighted by molar-refractivity contribution is 0.586. The molecule has 0 unspecified atom stereocenters. The molecule has 3 rings (SSSR count). The Morgan fingerprint density at radius 1 is 1.10 bits per heavy atom. The Kier molecular flexibility index (Phi) is 3.06. The van der Waals surface area contributed by atoms with E-state index in [4.69, 9.17) is 5.73 Å². The molecule has 3 N–H and O–H groups in total. The van der Waals surface area contributed by atoms with Gasteiger partial charge >= 0.3 is 5.69 Å². The van der Waals surface area contributed by atoms with Gasteiger partial charge in [-0.2, -0.15) is 3.97 Å². The molecule has 0 spiro atoms. The van der Waals surface area contributed by atoms with Crippen LogP contribution in [0.2, 0.25) is 0 Å². The highest BCUT2D eigenvalue weighted by molar-refractivity contribution is 7.89. The average molecular weight is 303 g/mol. The van der Waals surface area contributed by atoms with Crippen molar-refractivity contribution in [1.82, 2.24) is 8.96 Å². The summed E-state index contributed by atoms with van der Waals surface area (Å²) in [5, 5.41) is 0. The number of nitrogens with zero attached hydrogens (tertiary/aromatic N) is 1. The Bertz CT molecular complexity index is 956. The Balaban J connectivity index is 2.15. The van der Waals surface area contributed by atoms with Crippen LogP contribution in [0.3, 0.4) is 0 Å². The zero-order chi connectivity index (χ0) is 15.0. The summed E-state index contributed by atoms with van der Waals surface area (Å²) in [6.45, 7) is 0. The van der Waals surface area contributed by atoms with Crippen LogP contribution in [0.5, 0.6) is 0 Å². The molecule has 0 bridgehead atoms. The minimum absolute atomic E-state index is 0.245. The first kappa shape index (κ1) is 13.4. The van der Waals surface area contributed by atoms with E-state index in [-0.39, 0.29) is 5.75 Å². The monoisotopic (exact) mass is 303 g/mol. The molecule has 3 aromatic rings. The number of fused-ring (bicyclic) bond motifs is 1. The Hall–Kier alpha value is -2.54. The topological polar surface area (TPSA) is 97.9 Å². The summed E-state index contributed by atoms with van der Waals surface area (Å²) in [4.78, 5) is 14.5. The largest absolute Gasteiger partial charge is 0.399 e. The molecule has 2 aromatic carbocycles. The molecule has 0 aliphatic heterocycles. The number of rotatable bonds is 3. The van der Waals surface area contributed by atoms with Crippen LogP contribution >= 0.6 is 0 Å². The van der Waals surface area contributed by atoms with E-state index in [0.29, 0.717) is 22.3 Å². The van der Waals surface area contributed by atoms with E-state index < -0.39 is 15.7 Å². The van der Waals surface area contributed by atoms with Crippen LogP contribution < -0.4 is 11.4 Å². The lowest BCUT2D eigenvalue weighted by Gasteiger charge is -2.06. The molecule has 0 aliphatic rings. The normalized spacial score (nSPS) is 11.8. The summed E-state index contributed by atoms with van der Waals surface area (Å²) in [6.07, 6.45) is 0. The smallest absolute Gasteiger partial charge is 0.340 e. The molecule has 0 amide bonds. The summed E-state index contributed by atoms with van der Waals surface area (Å²) in [7, 11) is -3.81. The number of H-pyrrole nitrogens is 1. The van der Waals surface area contributed by atoms with Gasteiger partial charge in [0.15, 0.2) is 0 Å². The third-order valence-corrected chi connectivity index (χ3v) is 4.75. The van der Waals surface area contributed by atoms with Crippen molar-refractivity contribution in [3.63, 3.8) is 0 Å². The number of hydrogen-bond donors (Lipinski definition) is 2. The van der Waals surface area contributed by atoms with Crippen LogP contribution in [-0.2, 0) is 15.8 Å². The van der Waals surface area contributed by atoms with Gasteiger partial charge in [0.05, 0.1) is 16.8 Å². The van der Waals surface area contributed by atoms with Crippen molar-refractivity contribution >= 4 is 26.7 Å². The maximum Gasteiger partial charge on any atom is 0.340 e. The van der Waals surface area contributed by atoms with Crippen LogP contribution in [0, 0.1) is 0 Å². The van der Waals surface area contributed by atoms with Gasteiger partial charge in [0.25, 0.3) is 0 Å². The van der Waals surface area contributed by atoms with Crippen molar-refractivity contribution in [1.29, 1.82) is 0 Å². The maximum atomic E-state index is 12.5. The Morgan fingerprint density at radius 2 is 1.81 bits per heavy atom. The number of imidazole rings is 1. The summed E-state index contributed by atoms with van der Waals surface area (Å²) >= 11 is 0. The molecule has 6 nitrogen and oxygen atoms in total. The quantitative estimate of drug-likeness (QED) is 0.712. The van der Waals surface area contributed by atoms with Crippen LogP contribution in [0.4, 0.5) is 5.69 Å². The second kappa shape index (κ2) is 4.78. The first-order chi connectivity index (χ1) is 9.97. The predicted molar refractivity (Wildman–Crippen MR) is 81.4 cm³/mol. The Morgan fingerprint density at radius 3 is 2.52 bits per heavy atom. The van der Waals surface area contributed by atoms with Gasteiger partial charge in [-0.3, -0.25) is 0 Å². The van der Waals surface area contributed by atoms with Gasteiger partial charge in [-0.1, -0.05) is 30.3 Å². The minimum atomic E-state index is -3.81. The second-order valence-electron chi connectivity index (χ2n) is 4.71. The summed E-state index contributed by atoms with van der Waals surface area (Å²) in [5.74, 6) is -0.245. The number of aromatic nitrogens is 2. The molecule has 0 saturated heterocycles. The van der Waals surface area contributed by atoms with Crippen LogP contribution in [0.1, 0.15) is 5.56 Å². The number of benzene rings is 2. The fourth-order valence-corrected chi connectivity index (χ4v) is 3.73. The van der Waals surface area contributed by atoms with Gasteiger partial charge in [-0.15, -0.1) is 0 Å². The molecule has 0 saturated carbocycles. The number of nitrogens with one attached hydrogen (secondary N) is 1. The van der Waals surface area contributed by atoms with Crippen molar-refractivity contribution in [2.45, 2.75) is 5.75 Å². The lowest BCUT2D eigenvalue weighted by Crippen LogP contribution is -2.26. The van der Waals surface area contributed by atoms with E-state index in [9.17, 15) is 13.2 Å². The van der Waals surface area contributed by atoms with E-state index in [1.165, 1.54) is 12.1 Å². The maximum absolute atomic E-state index is 12.5. The van der Waals surface area contributed by atoms with Gasteiger partial charge in [0.2, 0.25) is 10.0 Å². The average Bonchev–Trinajstić information content (AvgIpc) is 2.75. The van der Waals surface area contributed by atoms with Crippen LogP contribution in [0.15, 0.2) is 53.3 Å². The zero-order valence-corrected chi connectivity index (χ0v) is 11.8. The zero-order valence-electron chi connectivity index (χ0n) is 11.0. The van der Waals surface area contributed by atoms with Crippen molar-refractivity contribution in [2.24, 2.45) is 0 Å². The van der Waals surface area contributed by atoms with Crippen molar-refractivity contribution in [3.05, 3.63) is 64.6 Å².